The first-order valence-electron chi connectivity index (χ1n) is 5.97. The predicted molar refractivity (Wildman–Crippen MR) is 70.5 cm³/mol. The minimum Gasteiger partial charge on any atom is -0.469 e. The van der Waals surface area contributed by atoms with Gasteiger partial charge in [-0.1, -0.05) is 41.6 Å². The SMILES string of the molecule is c1ccc(-c2cc(COc3ccccn3)on2)cc1. The van der Waals surface area contributed by atoms with Crippen molar-refractivity contribution in [3.63, 3.8) is 0 Å². The number of hydrogen-bond donors (Lipinski definition) is 0. The van der Waals surface area contributed by atoms with Crippen LogP contribution in [0.3, 0.4) is 0 Å². The molecule has 0 aliphatic heterocycles. The van der Waals surface area contributed by atoms with E-state index in [4.69, 9.17) is 9.26 Å². The van der Waals surface area contributed by atoms with Crippen molar-refractivity contribution in [3.05, 3.63) is 66.6 Å². The van der Waals surface area contributed by atoms with E-state index in [1.165, 1.54) is 0 Å². The Morgan fingerprint density at radius 3 is 2.63 bits per heavy atom. The topological polar surface area (TPSA) is 48.2 Å². The molecule has 1 aromatic carbocycles. The Balaban J connectivity index is 1.69. The van der Waals surface area contributed by atoms with Gasteiger partial charge in [0.1, 0.15) is 5.69 Å². The molecule has 0 radical (unpaired) electrons. The van der Waals surface area contributed by atoms with Crippen molar-refractivity contribution < 1.29 is 9.26 Å². The minimum absolute atomic E-state index is 0.316. The van der Waals surface area contributed by atoms with Crippen molar-refractivity contribution in [2.45, 2.75) is 6.61 Å². The molecule has 3 rings (SSSR count). The van der Waals surface area contributed by atoms with E-state index in [1.807, 2.05) is 48.5 Å². The maximum Gasteiger partial charge on any atom is 0.213 e. The summed E-state index contributed by atoms with van der Waals surface area (Å²) in [4.78, 5) is 4.07. The van der Waals surface area contributed by atoms with Crippen LogP contribution < -0.4 is 4.74 Å². The molecule has 0 atom stereocenters. The number of benzene rings is 1. The van der Waals surface area contributed by atoms with Gasteiger partial charge in [-0.15, -0.1) is 0 Å². The number of rotatable bonds is 4. The first kappa shape index (κ1) is 11.5. The molecule has 0 saturated carbocycles. The zero-order valence-electron chi connectivity index (χ0n) is 10.2. The molecule has 2 heterocycles. The molecule has 0 aliphatic carbocycles. The van der Waals surface area contributed by atoms with Crippen LogP contribution in [0.5, 0.6) is 5.88 Å². The van der Waals surface area contributed by atoms with Crippen molar-refractivity contribution in [1.29, 1.82) is 0 Å². The largest absolute Gasteiger partial charge is 0.469 e. The van der Waals surface area contributed by atoms with Crippen LogP contribution in [-0.2, 0) is 6.61 Å². The van der Waals surface area contributed by atoms with Crippen LogP contribution in [0.1, 0.15) is 5.76 Å². The average molecular weight is 252 g/mol. The van der Waals surface area contributed by atoms with Crippen LogP contribution in [0.15, 0.2) is 65.3 Å². The van der Waals surface area contributed by atoms with E-state index in [0.717, 1.165) is 11.3 Å². The van der Waals surface area contributed by atoms with E-state index >= 15 is 0 Å². The molecule has 2 aromatic heterocycles. The molecule has 0 amide bonds. The summed E-state index contributed by atoms with van der Waals surface area (Å²) in [6.07, 6.45) is 1.69. The van der Waals surface area contributed by atoms with Gasteiger partial charge in [-0.3, -0.25) is 0 Å². The highest BCUT2D eigenvalue weighted by Crippen LogP contribution is 2.19. The zero-order valence-corrected chi connectivity index (χ0v) is 10.2. The van der Waals surface area contributed by atoms with Crippen LogP contribution in [-0.4, -0.2) is 10.1 Å². The number of ether oxygens (including phenoxy) is 1. The van der Waals surface area contributed by atoms with E-state index in [1.54, 1.807) is 12.3 Å². The molecule has 0 fully saturated rings. The number of aromatic nitrogens is 2. The monoisotopic (exact) mass is 252 g/mol. The van der Waals surface area contributed by atoms with E-state index in [2.05, 4.69) is 10.1 Å². The van der Waals surface area contributed by atoms with E-state index in [9.17, 15) is 0 Å². The normalized spacial score (nSPS) is 10.3. The van der Waals surface area contributed by atoms with Crippen molar-refractivity contribution >= 4 is 0 Å². The molecule has 0 spiro atoms. The lowest BCUT2D eigenvalue weighted by molar-refractivity contribution is 0.242. The van der Waals surface area contributed by atoms with Gasteiger partial charge in [-0.05, 0) is 6.07 Å². The first-order chi connectivity index (χ1) is 9.42. The number of hydrogen-bond acceptors (Lipinski definition) is 4. The van der Waals surface area contributed by atoms with Crippen LogP contribution in [0.4, 0.5) is 0 Å². The molecule has 4 nitrogen and oxygen atoms in total. The molecule has 3 aromatic rings. The summed E-state index contributed by atoms with van der Waals surface area (Å²) in [5.74, 6) is 1.24. The summed E-state index contributed by atoms with van der Waals surface area (Å²) in [6.45, 7) is 0.316. The molecule has 94 valence electrons. The molecule has 0 saturated heterocycles. The van der Waals surface area contributed by atoms with Gasteiger partial charge in [0, 0.05) is 23.9 Å². The standard InChI is InChI=1S/C15H12N2O2/c1-2-6-12(7-3-1)14-10-13(19-17-14)11-18-15-8-4-5-9-16-15/h1-10H,11H2. The lowest BCUT2D eigenvalue weighted by Crippen LogP contribution is -1.94. The second-order valence-electron chi connectivity index (χ2n) is 4.00. The maximum absolute atomic E-state index is 5.50. The Hall–Kier alpha value is -2.62. The van der Waals surface area contributed by atoms with Gasteiger partial charge in [0.15, 0.2) is 12.4 Å². The van der Waals surface area contributed by atoms with Gasteiger partial charge in [0.05, 0.1) is 0 Å². The Kier molecular flexibility index (Phi) is 3.23. The third-order valence-corrected chi connectivity index (χ3v) is 2.63. The Bertz CT molecular complexity index is 636. The summed E-state index contributed by atoms with van der Waals surface area (Å²) < 4.78 is 10.7. The highest BCUT2D eigenvalue weighted by atomic mass is 16.5. The van der Waals surface area contributed by atoms with Crippen LogP contribution in [0.25, 0.3) is 11.3 Å². The fraction of sp³-hybridized carbons (Fsp3) is 0.0667. The fourth-order valence-corrected chi connectivity index (χ4v) is 1.70. The highest BCUT2D eigenvalue weighted by Gasteiger charge is 2.06. The third-order valence-electron chi connectivity index (χ3n) is 2.63. The van der Waals surface area contributed by atoms with Gasteiger partial charge >= 0.3 is 0 Å². The average Bonchev–Trinajstić information content (AvgIpc) is 2.96. The van der Waals surface area contributed by atoms with Crippen molar-refractivity contribution in [3.8, 4) is 17.1 Å². The van der Waals surface area contributed by atoms with E-state index < -0.39 is 0 Å². The lowest BCUT2D eigenvalue weighted by atomic mass is 10.1. The zero-order chi connectivity index (χ0) is 12.9. The van der Waals surface area contributed by atoms with Crippen LogP contribution in [0, 0.1) is 0 Å². The molecular formula is C15H12N2O2. The Morgan fingerprint density at radius 1 is 1.00 bits per heavy atom. The summed E-state index contributed by atoms with van der Waals surface area (Å²) in [6, 6.07) is 17.3. The van der Waals surface area contributed by atoms with E-state index in [0.29, 0.717) is 18.2 Å². The molecule has 0 aliphatic rings. The van der Waals surface area contributed by atoms with Crippen molar-refractivity contribution in [2.24, 2.45) is 0 Å². The summed E-state index contributed by atoms with van der Waals surface area (Å²) in [5, 5.41) is 4.02. The maximum atomic E-state index is 5.50. The van der Waals surface area contributed by atoms with Crippen LogP contribution >= 0.6 is 0 Å². The minimum atomic E-state index is 0.316. The molecule has 4 heteroatoms. The summed E-state index contributed by atoms with van der Waals surface area (Å²) >= 11 is 0. The number of pyridine rings is 1. The first-order valence-corrected chi connectivity index (χ1v) is 5.97. The molecule has 0 bridgehead atoms. The van der Waals surface area contributed by atoms with Gasteiger partial charge in [-0.2, -0.15) is 0 Å². The van der Waals surface area contributed by atoms with Crippen molar-refractivity contribution in [1.82, 2.24) is 10.1 Å². The smallest absolute Gasteiger partial charge is 0.213 e. The molecule has 19 heavy (non-hydrogen) atoms. The van der Waals surface area contributed by atoms with Gasteiger partial charge in [-0.25, -0.2) is 4.98 Å². The number of nitrogens with zero attached hydrogens (tertiary/aromatic N) is 2. The van der Waals surface area contributed by atoms with E-state index in [-0.39, 0.29) is 0 Å². The van der Waals surface area contributed by atoms with Gasteiger partial charge in [0.25, 0.3) is 0 Å². The predicted octanol–water partition coefficient (Wildman–Crippen LogP) is 3.32. The van der Waals surface area contributed by atoms with Gasteiger partial charge in [0.2, 0.25) is 5.88 Å². The third kappa shape index (κ3) is 2.80. The van der Waals surface area contributed by atoms with Crippen LogP contribution in [0.2, 0.25) is 0 Å². The fourth-order valence-electron chi connectivity index (χ4n) is 1.70. The highest BCUT2D eigenvalue weighted by molar-refractivity contribution is 5.58. The summed E-state index contributed by atoms with van der Waals surface area (Å²) in [7, 11) is 0. The van der Waals surface area contributed by atoms with Gasteiger partial charge < -0.3 is 9.26 Å². The summed E-state index contributed by atoms with van der Waals surface area (Å²) in [5.41, 5.74) is 1.83. The Labute approximate surface area is 110 Å². The second kappa shape index (κ2) is 5.35. The van der Waals surface area contributed by atoms with Crippen molar-refractivity contribution in [2.75, 3.05) is 0 Å². The second-order valence-corrected chi connectivity index (χ2v) is 4.00. The lowest BCUT2D eigenvalue weighted by Gasteiger charge is -2.00. The molecule has 0 N–H and O–H groups in total. The molecular weight excluding hydrogens is 240 g/mol. The quantitative estimate of drug-likeness (QED) is 0.714. The molecule has 0 unspecified atom stereocenters. The Morgan fingerprint density at radius 2 is 1.84 bits per heavy atom.